The molecule has 1 fully saturated rings. The van der Waals surface area contributed by atoms with Crippen molar-refractivity contribution in [2.75, 3.05) is 26.3 Å². The minimum Gasteiger partial charge on any atom is -0.396 e. The van der Waals surface area contributed by atoms with Crippen molar-refractivity contribution in [3.8, 4) is 0 Å². The first-order chi connectivity index (χ1) is 12.5. The maximum absolute atomic E-state index is 13.6. The summed E-state index contributed by atoms with van der Waals surface area (Å²) in [6.45, 7) is 0.111. The van der Waals surface area contributed by atoms with E-state index < -0.39 is 17.2 Å². The molecule has 3 N–H and O–H groups in total. The molecule has 0 aromatic heterocycles. The Bertz CT molecular complexity index is 690. The van der Waals surface area contributed by atoms with E-state index in [4.69, 9.17) is 0 Å². The van der Waals surface area contributed by atoms with E-state index in [1.807, 2.05) is 0 Å². The van der Waals surface area contributed by atoms with Gasteiger partial charge in [0.1, 0.15) is 5.82 Å². The summed E-state index contributed by atoms with van der Waals surface area (Å²) in [5.41, 5.74) is 0.971. The fraction of sp³-hybridized carbons (Fsp3) is 0.579. The number of aliphatic hydroxyl groups is 2. The fourth-order valence-electron chi connectivity index (χ4n) is 3.97. The number of benzene rings is 1. The van der Waals surface area contributed by atoms with Crippen LogP contribution in [0.25, 0.3) is 0 Å². The highest BCUT2D eigenvalue weighted by Crippen LogP contribution is 2.31. The summed E-state index contributed by atoms with van der Waals surface area (Å²) in [5, 5.41) is 21.8. The molecule has 2 amide bonds. The number of aliphatic hydroxyl groups excluding tert-OH is 2. The molecule has 1 aromatic rings. The summed E-state index contributed by atoms with van der Waals surface area (Å²) in [7, 11) is 0. The zero-order chi connectivity index (χ0) is 18.7. The summed E-state index contributed by atoms with van der Waals surface area (Å²) in [4.78, 5) is 26.4. The molecule has 1 saturated heterocycles. The van der Waals surface area contributed by atoms with Gasteiger partial charge in [-0.25, -0.2) is 4.39 Å². The van der Waals surface area contributed by atoms with Gasteiger partial charge in [0, 0.05) is 18.5 Å². The summed E-state index contributed by atoms with van der Waals surface area (Å²) >= 11 is 0. The number of carbonyl (C=O) groups is 2. The summed E-state index contributed by atoms with van der Waals surface area (Å²) in [6.07, 6.45) is 3.59. The molecule has 0 bridgehead atoms. The van der Waals surface area contributed by atoms with Crippen LogP contribution in [0, 0.1) is 11.2 Å². The minimum absolute atomic E-state index is 0.155. The standard InChI is InChI=1S/C19H25FN2O4/c20-14-6-5-13-3-1-4-16(15(13)9-14)21-17(25)18(26)22-8-2-7-19(10-22,11-23)12-24/h5-6,9,16,23-24H,1-4,7-8,10-12H2,(H,21,25)/t16-/m0/s1. The van der Waals surface area contributed by atoms with Gasteiger partial charge in [-0.3, -0.25) is 9.59 Å². The summed E-state index contributed by atoms with van der Waals surface area (Å²) < 4.78 is 13.6. The molecule has 26 heavy (non-hydrogen) atoms. The van der Waals surface area contributed by atoms with Crippen molar-refractivity contribution in [1.82, 2.24) is 10.2 Å². The first-order valence-corrected chi connectivity index (χ1v) is 9.08. The molecule has 0 saturated carbocycles. The number of fused-ring (bicyclic) bond motifs is 1. The van der Waals surface area contributed by atoms with E-state index in [-0.39, 0.29) is 31.6 Å². The topological polar surface area (TPSA) is 89.9 Å². The second-order valence-corrected chi connectivity index (χ2v) is 7.41. The second kappa shape index (κ2) is 7.72. The monoisotopic (exact) mass is 364 g/mol. The Morgan fingerprint density at radius 2 is 2.04 bits per heavy atom. The van der Waals surface area contributed by atoms with E-state index in [2.05, 4.69) is 5.32 Å². The molecule has 1 atom stereocenters. The Kier molecular flexibility index (Phi) is 5.58. The highest BCUT2D eigenvalue weighted by molar-refractivity contribution is 6.35. The molecule has 6 nitrogen and oxygen atoms in total. The van der Waals surface area contributed by atoms with Crippen LogP contribution in [0.1, 0.15) is 42.9 Å². The molecule has 0 spiro atoms. The third-order valence-electron chi connectivity index (χ3n) is 5.54. The van der Waals surface area contributed by atoms with Crippen LogP contribution < -0.4 is 5.32 Å². The summed E-state index contributed by atoms with van der Waals surface area (Å²) in [5.74, 6) is -1.75. The molecular formula is C19H25FN2O4. The van der Waals surface area contributed by atoms with Gasteiger partial charge in [0.15, 0.2) is 0 Å². The molecule has 7 heteroatoms. The van der Waals surface area contributed by atoms with Crippen molar-refractivity contribution in [2.24, 2.45) is 5.41 Å². The van der Waals surface area contributed by atoms with Crippen molar-refractivity contribution >= 4 is 11.8 Å². The second-order valence-electron chi connectivity index (χ2n) is 7.41. The Morgan fingerprint density at radius 1 is 1.27 bits per heavy atom. The number of nitrogens with one attached hydrogen (secondary N) is 1. The van der Waals surface area contributed by atoms with Crippen LogP contribution in [-0.2, 0) is 16.0 Å². The van der Waals surface area contributed by atoms with Gasteiger partial charge in [0.25, 0.3) is 0 Å². The van der Waals surface area contributed by atoms with Crippen molar-refractivity contribution in [3.05, 3.63) is 35.1 Å². The number of halogens is 1. The van der Waals surface area contributed by atoms with E-state index in [1.54, 1.807) is 6.07 Å². The SMILES string of the molecule is O=C(N[C@H]1CCCc2ccc(F)cc21)C(=O)N1CCCC(CO)(CO)C1. The zero-order valence-corrected chi connectivity index (χ0v) is 14.7. The van der Waals surface area contributed by atoms with Crippen LogP contribution in [0.3, 0.4) is 0 Å². The molecule has 2 aliphatic rings. The first-order valence-electron chi connectivity index (χ1n) is 9.08. The van der Waals surface area contributed by atoms with Crippen molar-refractivity contribution in [2.45, 2.75) is 38.1 Å². The number of hydrogen-bond donors (Lipinski definition) is 3. The number of amides is 2. The number of likely N-dealkylation sites (tertiary alicyclic amines) is 1. The number of nitrogens with zero attached hydrogens (tertiary/aromatic N) is 1. The first kappa shape index (κ1) is 18.8. The number of aryl methyl sites for hydroxylation is 1. The average Bonchev–Trinajstić information content (AvgIpc) is 2.67. The molecule has 1 aromatic carbocycles. The van der Waals surface area contributed by atoms with Gasteiger partial charge in [-0.15, -0.1) is 0 Å². The van der Waals surface area contributed by atoms with Crippen molar-refractivity contribution in [1.29, 1.82) is 0 Å². The van der Waals surface area contributed by atoms with E-state index >= 15 is 0 Å². The average molecular weight is 364 g/mol. The van der Waals surface area contributed by atoms with Crippen LogP contribution in [-0.4, -0.2) is 53.2 Å². The van der Waals surface area contributed by atoms with Crippen LogP contribution in [0.4, 0.5) is 4.39 Å². The van der Waals surface area contributed by atoms with E-state index in [0.29, 0.717) is 25.8 Å². The molecule has 0 radical (unpaired) electrons. The van der Waals surface area contributed by atoms with Crippen molar-refractivity contribution < 1.29 is 24.2 Å². The fourth-order valence-corrected chi connectivity index (χ4v) is 3.97. The number of piperidine rings is 1. The van der Waals surface area contributed by atoms with Crippen LogP contribution >= 0.6 is 0 Å². The van der Waals surface area contributed by atoms with Crippen LogP contribution in [0.2, 0.25) is 0 Å². The highest BCUT2D eigenvalue weighted by Gasteiger charge is 2.38. The van der Waals surface area contributed by atoms with E-state index in [9.17, 15) is 24.2 Å². The van der Waals surface area contributed by atoms with Gasteiger partial charge in [-0.1, -0.05) is 6.07 Å². The molecule has 1 heterocycles. The van der Waals surface area contributed by atoms with Gasteiger partial charge < -0.3 is 20.4 Å². The highest BCUT2D eigenvalue weighted by atomic mass is 19.1. The smallest absolute Gasteiger partial charge is 0.311 e. The maximum Gasteiger partial charge on any atom is 0.311 e. The zero-order valence-electron chi connectivity index (χ0n) is 14.7. The molecule has 3 rings (SSSR count). The molecular weight excluding hydrogens is 339 g/mol. The van der Waals surface area contributed by atoms with E-state index in [1.165, 1.54) is 17.0 Å². The van der Waals surface area contributed by atoms with Crippen LogP contribution in [0.5, 0.6) is 0 Å². The maximum atomic E-state index is 13.6. The number of carbonyl (C=O) groups excluding carboxylic acids is 2. The molecule has 1 aliphatic carbocycles. The lowest BCUT2D eigenvalue weighted by Crippen LogP contribution is -2.53. The normalized spacial score (nSPS) is 21.8. The largest absolute Gasteiger partial charge is 0.396 e. The van der Waals surface area contributed by atoms with Gasteiger partial charge in [-0.05, 0) is 55.4 Å². The predicted molar refractivity (Wildman–Crippen MR) is 92.6 cm³/mol. The quantitative estimate of drug-likeness (QED) is 0.696. The molecule has 142 valence electrons. The van der Waals surface area contributed by atoms with Gasteiger partial charge in [0.2, 0.25) is 0 Å². The lowest BCUT2D eigenvalue weighted by atomic mass is 9.81. The molecule has 0 unspecified atom stereocenters. The van der Waals surface area contributed by atoms with Crippen molar-refractivity contribution in [3.63, 3.8) is 0 Å². The lowest BCUT2D eigenvalue weighted by Gasteiger charge is -2.40. The third-order valence-corrected chi connectivity index (χ3v) is 5.54. The number of rotatable bonds is 3. The van der Waals surface area contributed by atoms with Gasteiger partial charge >= 0.3 is 11.8 Å². The van der Waals surface area contributed by atoms with E-state index in [0.717, 1.165) is 24.0 Å². The Morgan fingerprint density at radius 3 is 2.77 bits per heavy atom. The Labute approximate surface area is 152 Å². The lowest BCUT2D eigenvalue weighted by molar-refractivity contribution is -0.149. The van der Waals surface area contributed by atoms with Crippen LogP contribution in [0.15, 0.2) is 18.2 Å². The summed E-state index contributed by atoms with van der Waals surface area (Å²) in [6, 6.07) is 4.18. The minimum atomic E-state index is -0.755. The predicted octanol–water partition coefficient (Wildman–Crippen LogP) is 0.913. The molecule has 1 aliphatic heterocycles. The van der Waals surface area contributed by atoms with Gasteiger partial charge in [0.05, 0.1) is 19.3 Å². The third kappa shape index (κ3) is 3.73. The number of hydrogen-bond acceptors (Lipinski definition) is 4. The Balaban J connectivity index is 1.69. The Hall–Kier alpha value is -1.99. The van der Waals surface area contributed by atoms with Gasteiger partial charge in [-0.2, -0.15) is 0 Å².